The van der Waals surface area contributed by atoms with Crippen molar-refractivity contribution in [3.63, 3.8) is 0 Å². The summed E-state index contributed by atoms with van der Waals surface area (Å²) in [7, 11) is 0. The van der Waals surface area contributed by atoms with E-state index in [4.69, 9.17) is 4.42 Å². The van der Waals surface area contributed by atoms with Crippen molar-refractivity contribution in [2.45, 2.75) is 37.7 Å². The first-order valence-electron chi connectivity index (χ1n) is 10.8. The van der Waals surface area contributed by atoms with Crippen LogP contribution in [0.2, 0.25) is 0 Å². The normalized spacial score (nSPS) is 15.9. The molecule has 0 bridgehead atoms. The van der Waals surface area contributed by atoms with E-state index >= 15 is 0 Å². The van der Waals surface area contributed by atoms with Crippen molar-refractivity contribution in [3.05, 3.63) is 54.0 Å². The molecular weight excluding hydrogens is 410 g/mol. The van der Waals surface area contributed by atoms with Gasteiger partial charge in [0.15, 0.2) is 11.0 Å². The standard InChI is InChI=1S/C23H29N5O2S/c1-4-26-11-13-27(14-12-26)22(29)18(3)31-23-25-24-21(20-10-15-30-17(20)2)28(23)16-19-8-6-5-7-9-19/h5-10,15,18H,4,11-14,16H2,1-3H3. The van der Waals surface area contributed by atoms with Crippen molar-refractivity contribution in [3.8, 4) is 11.4 Å². The molecule has 3 aromatic rings. The summed E-state index contributed by atoms with van der Waals surface area (Å²) in [5.74, 6) is 1.72. The van der Waals surface area contributed by atoms with Crippen LogP contribution < -0.4 is 0 Å². The molecule has 1 unspecified atom stereocenters. The van der Waals surface area contributed by atoms with Crippen molar-refractivity contribution >= 4 is 17.7 Å². The summed E-state index contributed by atoms with van der Waals surface area (Å²) in [5, 5.41) is 9.43. The van der Waals surface area contributed by atoms with Gasteiger partial charge in [-0.25, -0.2) is 0 Å². The summed E-state index contributed by atoms with van der Waals surface area (Å²) < 4.78 is 7.58. The second-order valence-corrected chi connectivity index (χ2v) is 9.10. The zero-order valence-corrected chi connectivity index (χ0v) is 19.1. The molecule has 8 heteroatoms. The van der Waals surface area contributed by atoms with Gasteiger partial charge in [0.1, 0.15) is 5.76 Å². The van der Waals surface area contributed by atoms with Crippen molar-refractivity contribution in [2.75, 3.05) is 32.7 Å². The molecule has 3 heterocycles. The molecule has 0 saturated carbocycles. The number of rotatable bonds is 7. The van der Waals surface area contributed by atoms with E-state index in [0.717, 1.165) is 60.6 Å². The minimum atomic E-state index is -0.231. The topological polar surface area (TPSA) is 67.4 Å². The number of hydrogen-bond acceptors (Lipinski definition) is 6. The molecule has 1 atom stereocenters. The number of aromatic nitrogens is 3. The van der Waals surface area contributed by atoms with Gasteiger partial charge in [-0.1, -0.05) is 49.0 Å². The van der Waals surface area contributed by atoms with Crippen LogP contribution in [-0.2, 0) is 11.3 Å². The van der Waals surface area contributed by atoms with Gasteiger partial charge in [-0.2, -0.15) is 0 Å². The van der Waals surface area contributed by atoms with E-state index in [2.05, 4.69) is 38.7 Å². The second kappa shape index (κ2) is 9.70. The van der Waals surface area contributed by atoms with E-state index in [1.54, 1.807) is 6.26 Å². The fraction of sp³-hybridized carbons (Fsp3) is 0.435. The lowest BCUT2D eigenvalue weighted by molar-refractivity contribution is -0.132. The number of hydrogen-bond donors (Lipinski definition) is 0. The number of thioether (sulfide) groups is 1. The number of aryl methyl sites for hydroxylation is 1. The maximum absolute atomic E-state index is 13.1. The molecule has 2 aromatic heterocycles. The van der Waals surface area contributed by atoms with Crippen LogP contribution in [0.5, 0.6) is 0 Å². The van der Waals surface area contributed by atoms with Gasteiger partial charge < -0.3 is 14.2 Å². The Kier molecular flexibility index (Phi) is 6.77. The molecule has 0 spiro atoms. The van der Waals surface area contributed by atoms with Crippen LogP contribution in [0.15, 0.2) is 52.2 Å². The van der Waals surface area contributed by atoms with Gasteiger partial charge in [-0.05, 0) is 32.0 Å². The minimum absolute atomic E-state index is 0.163. The molecule has 1 aliphatic rings. The Bertz CT molecular complexity index is 1010. The number of carbonyl (C=O) groups is 1. The highest BCUT2D eigenvalue weighted by atomic mass is 32.2. The van der Waals surface area contributed by atoms with Gasteiger partial charge in [-0.15, -0.1) is 10.2 Å². The highest BCUT2D eigenvalue weighted by Gasteiger charge is 2.27. The SMILES string of the molecule is CCN1CCN(C(=O)C(C)Sc2nnc(-c3ccoc3C)n2Cc2ccccc2)CC1. The fourth-order valence-corrected chi connectivity index (χ4v) is 4.78. The molecule has 164 valence electrons. The van der Waals surface area contributed by atoms with Crippen LogP contribution in [0.4, 0.5) is 0 Å². The Hall–Kier alpha value is -2.58. The zero-order valence-electron chi connectivity index (χ0n) is 18.3. The lowest BCUT2D eigenvalue weighted by Crippen LogP contribution is -2.50. The first-order valence-corrected chi connectivity index (χ1v) is 11.6. The summed E-state index contributed by atoms with van der Waals surface area (Å²) >= 11 is 1.48. The maximum atomic E-state index is 13.1. The Balaban J connectivity index is 1.55. The second-order valence-electron chi connectivity index (χ2n) is 7.79. The van der Waals surface area contributed by atoms with Gasteiger partial charge in [0.25, 0.3) is 0 Å². The quantitative estimate of drug-likeness (QED) is 0.525. The van der Waals surface area contributed by atoms with Crippen LogP contribution in [0, 0.1) is 6.92 Å². The molecule has 0 N–H and O–H groups in total. The van der Waals surface area contributed by atoms with E-state index in [1.807, 2.05) is 43.0 Å². The third kappa shape index (κ3) is 4.85. The zero-order chi connectivity index (χ0) is 21.8. The average molecular weight is 440 g/mol. The summed E-state index contributed by atoms with van der Waals surface area (Å²) in [5.41, 5.74) is 2.08. The summed E-state index contributed by atoms with van der Waals surface area (Å²) in [6.07, 6.45) is 1.67. The summed E-state index contributed by atoms with van der Waals surface area (Å²) in [6, 6.07) is 12.1. The molecule has 1 fully saturated rings. The summed E-state index contributed by atoms with van der Waals surface area (Å²) in [4.78, 5) is 17.4. The molecule has 4 rings (SSSR count). The van der Waals surface area contributed by atoms with Crippen molar-refractivity contribution in [1.82, 2.24) is 24.6 Å². The first kappa shape index (κ1) is 21.6. The highest BCUT2D eigenvalue weighted by molar-refractivity contribution is 8.00. The lowest BCUT2D eigenvalue weighted by atomic mass is 10.2. The molecule has 31 heavy (non-hydrogen) atoms. The van der Waals surface area contributed by atoms with Crippen LogP contribution in [0.3, 0.4) is 0 Å². The highest BCUT2D eigenvalue weighted by Crippen LogP contribution is 2.30. The number of benzene rings is 1. The van der Waals surface area contributed by atoms with Gasteiger partial charge in [0, 0.05) is 26.2 Å². The number of amides is 1. The van der Waals surface area contributed by atoms with E-state index in [9.17, 15) is 4.79 Å². The number of furan rings is 1. The molecule has 1 aliphatic heterocycles. The Morgan fingerprint density at radius 1 is 1.13 bits per heavy atom. The number of nitrogens with zero attached hydrogens (tertiary/aromatic N) is 5. The largest absolute Gasteiger partial charge is 0.469 e. The van der Waals surface area contributed by atoms with E-state index in [1.165, 1.54) is 11.8 Å². The smallest absolute Gasteiger partial charge is 0.235 e. The van der Waals surface area contributed by atoms with Crippen LogP contribution in [0.25, 0.3) is 11.4 Å². The summed E-state index contributed by atoms with van der Waals surface area (Å²) in [6.45, 7) is 11.2. The van der Waals surface area contributed by atoms with Crippen LogP contribution >= 0.6 is 11.8 Å². The van der Waals surface area contributed by atoms with E-state index in [0.29, 0.717) is 6.54 Å². The third-order valence-electron chi connectivity index (χ3n) is 5.76. The minimum Gasteiger partial charge on any atom is -0.469 e. The lowest BCUT2D eigenvalue weighted by Gasteiger charge is -2.35. The molecule has 1 amide bonds. The van der Waals surface area contributed by atoms with Crippen LogP contribution in [0.1, 0.15) is 25.2 Å². The fourth-order valence-electron chi connectivity index (χ4n) is 3.85. The van der Waals surface area contributed by atoms with E-state index in [-0.39, 0.29) is 11.2 Å². The first-order chi connectivity index (χ1) is 15.1. The monoisotopic (exact) mass is 439 g/mol. The molecule has 1 aromatic carbocycles. The van der Waals surface area contributed by atoms with Gasteiger partial charge in [0.05, 0.1) is 23.6 Å². The van der Waals surface area contributed by atoms with Gasteiger partial charge in [0.2, 0.25) is 5.91 Å². The van der Waals surface area contributed by atoms with Gasteiger partial charge >= 0.3 is 0 Å². The van der Waals surface area contributed by atoms with Crippen LogP contribution in [-0.4, -0.2) is 68.4 Å². The van der Waals surface area contributed by atoms with Gasteiger partial charge in [-0.3, -0.25) is 9.36 Å². The third-order valence-corrected chi connectivity index (χ3v) is 6.83. The molecular formula is C23H29N5O2S. The Morgan fingerprint density at radius 2 is 1.87 bits per heavy atom. The predicted octanol–water partition coefficient (Wildman–Crippen LogP) is 3.54. The van der Waals surface area contributed by atoms with Crippen molar-refractivity contribution in [2.24, 2.45) is 0 Å². The molecule has 0 radical (unpaired) electrons. The number of carbonyl (C=O) groups excluding carboxylic acids is 1. The van der Waals surface area contributed by atoms with Crippen molar-refractivity contribution in [1.29, 1.82) is 0 Å². The molecule has 0 aliphatic carbocycles. The molecule has 1 saturated heterocycles. The average Bonchev–Trinajstić information content (AvgIpc) is 3.39. The predicted molar refractivity (Wildman–Crippen MR) is 122 cm³/mol. The molecule has 7 nitrogen and oxygen atoms in total. The number of piperazine rings is 1. The van der Waals surface area contributed by atoms with E-state index < -0.39 is 0 Å². The Labute approximate surface area is 187 Å². The Morgan fingerprint density at radius 3 is 2.52 bits per heavy atom. The van der Waals surface area contributed by atoms with Crippen molar-refractivity contribution < 1.29 is 9.21 Å². The maximum Gasteiger partial charge on any atom is 0.235 e. The number of likely N-dealkylation sites (N-methyl/N-ethyl adjacent to an activating group) is 1.